The fraction of sp³-hybridized carbons (Fsp3) is 0.318. The maximum Gasteiger partial charge on any atom is 0.161 e. The maximum atomic E-state index is 4.57. The fourth-order valence-electron chi connectivity index (χ4n) is 7.98. The van der Waals surface area contributed by atoms with E-state index in [2.05, 4.69) is 194 Å². The predicted molar refractivity (Wildman–Crippen MR) is 203 cm³/mol. The van der Waals surface area contributed by atoms with Crippen molar-refractivity contribution in [2.24, 2.45) is 0 Å². The van der Waals surface area contributed by atoms with Crippen LogP contribution in [-0.2, 0) is 0 Å². The van der Waals surface area contributed by atoms with E-state index < -0.39 is 8.24 Å². The summed E-state index contributed by atoms with van der Waals surface area (Å²) >= 11 is 0. The molecule has 0 unspecified atom stereocenters. The molecule has 0 aliphatic carbocycles. The van der Waals surface area contributed by atoms with Gasteiger partial charge in [-0.25, -0.2) is 0 Å². The molecule has 2 heteroatoms. The number of nitrogens with one attached hydrogen (secondary N) is 1. The zero-order valence-corrected chi connectivity index (χ0v) is 30.2. The minimum absolute atomic E-state index is 0.0905. The molecule has 0 saturated carbocycles. The highest BCUT2D eigenvalue weighted by Crippen LogP contribution is 2.49. The van der Waals surface area contributed by atoms with Crippen molar-refractivity contribution in [2.75, 3.05) is 4.98 Å². The Morgan fingerprint density at radius 2 is 0.674 bits per heavy atom. The molecule has 0 aliphatic heterocycles. The van der Waals surface area contributed by atoms with E-state index in [1.165, 1.54) is 44.6 Å². The first-order valence-electron chi connectivity index (χ1n) is 17.3. The summed E-state index contributed by atoms with van der Waals surface area (Å²) in [6, 6.07) is 49.6. The van der Waals surface area contributed by atoms with Gasteiger partial charge in [-0.1, -0.05) is 189 Å². The monoisotopic (exact) mass is 623 g/mol. The zero-order valence-electron chi connectivity index (χ0n) is 29.2. The summed E-state index contributed by atoms with van der Waals surface area (Å²) in [7, 11) is -2.12. The largest absolute Gasteiger partial charge is 0.409 e. The van der Waals surface area contributed by atoms with Gasteiger partial charge in [-0.2, -0.15) is 0 Å². The van der Waals surface area contributed by atoms with E-state index >= 15 is 0 Å². The lowest BCUT2D eigenvalue weighted by molar-refractivity contribution is 0.816. The summed E-state index contributed by atoms with van der Waals surface area (Å²) in [4.78, 5) is 4.57. The molecular formula is C44H53NSi. The molecule has 0 radical (unpaired) electrons. The Morgan fingerprint density at radius 1 is 0.391 bits per heavy atom. The Bertz CT molecular complexity index is 1450. The molecule has 0 spiro atoms. The number of hydrogen-bond donors (Lipinski definition) is 1. The molecule has 0 atom stereocenters. The molecule has 1 N–H and O–H groups in total. The van der Waals surface area contributed by atoms with Crippen LogP contribution in [-0.4, -0.2) is 8.24 Å². The molecule has 1 nitrogen and oxygen atoms in total. The highest BCUT2D eigenvalue weighted by Gasteiger charge is 2.45. The van der Waals surface area contributed by atoms with Crippen molar-refractivity contribution < 1.29 is 0 Å². The maximum absolute atomic E-state index is 4.57. The van der Waals surface area contributed by atoms with Crippen LogP contribution in [0.15, 0.2) is 133 Å². The third-order valence-corrected chi connectivity index (χ3v) is 16.7. The molecule has 0 fully saturated rings. The van der Waals surface area contributed by atoms with Crippen LogP contribution in [0.3, 0.4) is 0 Å². The predicted octanol–water partition coefficient (Wildman–Crippen LogP) is 12.8. The first kappa shape index (κ1) is 33.5. The van der Waals surface area contributed by atoms with Crippen molar-refractivity contribution in [1.29, 1.82) is 0 Å². The number of hydrogen-bond acceptors (Lipinski definition) is 1. The second kappa shape index (κ2) is 14.7. The number of anilines is 1. The van der Waals surface area contributed by atoms with Crippen molar-refractivity contribution >= 4 is 13.9 Å². The minimum atomic E-state index is -2.12. The van der Waals surface area contributed by atoms with Gasteiger partial charge in [-0.3, -0.25) is 0 Å². The lowest BCUT2D eigenvalue weighted by atomic mass is 9.77. The van der Waals surface area contributed by atoms with E-state index in [-0.39, 0.29) is 11.8 Å². The van der Waals surface area contributed by atoms with Crippen LogP contribution in [0.5, 0.6) is 0 Å². The van der Waals surface area contributed by atoms with Gasteiger partial charge in [0.15, 0.2) is 8.24 Å². The smallest absolute Gasteiger partial charge is 0.161 e. The first-order valence-corrected chi connectivity index (χ1v) is 19.5. The molecule has 0 aromatic heterocycles. The van der Waals surface area contributed by atoms with Crippen LogP contribution in [0.2, 0.25) is 16.6 Å². The summed E-state index contributed by atoms with van der Waals surface area (Å²) in [6.45, 7) is 19.4. The van der Waals surface area contributed by atoms with Crippen LogP contribution in [0.25, 0.3) is 0 Å². The second-order valence-corrected chi connectivity index (χ2v) is 19.8. The average molecular weight is 624 g/mol. The highest BCUT2D eigenvalue weighted by atomic mass is 28.3. The van der Waals surface area contributed by atoms with E-state index in [4.69, 9.17) is 0 Å². The molecule has 0 amide bonds. The van der Waals surface area contributed by atoms with Crippen molar-refractivity contribution in [3.63, 3.8) is 0 Å². The average Bonchev–Trinajstić information content (AvgIpc) is 3.06. The van der Waals surface area contributed by atoms with Gasteiger partial charge in [0.25, 0.3) is 0 Å². The molecule has 5 rings (SSSR count). The molecule has 5 aromatic carbocycles. The SMILES string of the molecule is CC(C)c1cc(C(c2ccccc2)c2ccccc2)c(N[Si](C(C)C)(C(C)C)C(C)C)c(C(c2ccccc2)c2ccccc2)c1. The standard InChI is InChI=1S/C44H53NSi/c1-31(2)39-29-40(42(35-21-13-9-14-22-35)36-23-15-10-16-24-36)44(45-46(32(3)4,33(5)6)34(7)8)41(30-39)43(37-25-17-11-18-26-37)38-27-19-12-20-28-38/h9-34,42-43,45H,1-8H3. The minimum Gasteiger partial charge on any atom is -0.409 e. The van der Waals surface area contributed by atoms with E-state index in [1.807, 2.05) is 0 Å². The number of benzene rings is 5. The van der Waals surface area contributed by atoms with Gasteiger partial charge >= 0.3 is 0 Å². The van der Waals surface area contributed by atoms with Crippen LogP contribution < -0.4 is 4.98 Å². The first-order chi connectivity index (χ1) is 22.1. The topological polar surface area (TPSA) is 12.0 Å². The molecule has 0 aliphatic rings. The second-order valence-electron chi connectivity index (χ2n) is 14.3. The van der Waals surface area contributed by atoms with Gasteiger partial charge in [-0.15, -0.1) is 0 Å². The molecule has 46 heavy (non-hydrogen) atoms. The fourth-order valence-corrected chi connectivity index (χ4v) is 13.6. The van der Waals surface area contributed by atoms with Gasteiger partial charge in [0, 0.05) is 17.5 Å². The highest BCUT2D eigenvalue weighted by molar-refractivity contribution is 6.86. The van der Waals surface area contributed by atoms with Crippen molar-refractivity contribution in [2.45, 2.75) is 89.8 Å². The van der Waals surface area contributed by atoms with E-state index in [0.717, 1.165) is 0 Å². The summed E-state index contributed by atoms with van der Waals surface area (Å²) < 4.78 is 0. The Kier molecular flexibility index (Phi) is 10.7. The molecule has 238 valence electrons. The molecule has 0 heterocycles. The molecular weight excluding hydrogens is 571 g/mol. The van der Waals surface area contributed by atoms with Crippen molar-refractivity contribution in [3.8, 4) is 0 Å². The third-order valence-electron chi connectivity index (χ3n) is 10.2. The third kappa shape index (κ3) is 6.78. The summed E-state index contributed by atoms with van der Waals surface area (Å²) in [5.74, 6) is 0.564. The van der Waals surface area contributed by atoms with Crippen LogP contribution in [0.4, 0.5) is 5.69 Å². The van der Waals surface area contributed by atoms with Gasteiger partial charge < -0.3 is 4.98 Å². The van der Waals surface area contributed by atoms with Crippen LogP contribution >= 0.6 is 0 Å². The van der Waals surface area contributed by atoms with Gasteiger partial charge in [0.1, 0.15) is 0 Å². The Morgan fingerprint density at radius 3 is 0.913 bits per heavy atom. The van der Waals surface area contributed by atoms with E-state index in [1.54, 1.807) is 0 Å². The lowest BCUT2D eigenvalue weighted by Gasteiger charge is -2.46. The Hall–Kier alpha value is -3.88. The molecule has 0 saturated heterocycles. The van der Waals surface area contributed by atoms with Crippen LogP contribution in [0, 0.1) is 0 Å². The zero-order chi connectivity index (χ0) is 32.8. The van der Waals surface area contributed by atoms with Crippen molar-refractivity contribution in [1.82, 2.24) is 0 Å². The van der Waals surface area contributed by atoms with Crippen LogP contribution in [0.1, 0.15) is 112 Å². The Balaban J connectivity index is 1.95. The van der Waals surface area contributed by atoms with Gasteiger partial charge in [0.2, 0.25) is 0 Å². The number of rotatable bonds is 12. The normalized spacial score (nSPS) is 12.2. The summed E-state index contributed by atoms with van der Waals surface area (Å²) in [6.07, 6.45) is 0. The van der Waals surface area contributed by atoms with Gasteiger partial charge in [0.05, 0.1) is 0 Å². The Labute approximate surface area is 280 Å². The quantitative estimate of drug-likeness (QED) is 0.108. The lowest BCUT2D eigenvalue weighted by Crippen LogP contribution is -2.53. The van der Waals surface area contributed by atoms with Crippen molar-refractivity contribution in [3.05, 3.63) is 172 Å². The molecule has 5 aromatic rings. The summed E-state index contributed by atoms with van der Waals surface area (Å²) in [5, 5.41) is 0. The van der Waals surface area contributed by atoms with E-state index in [9.17, 15) is 0 Å². The van der Waals surface area contributed by atoms with E-state index in [0.29, 0.717) is 22.5 Å². The van der Waals surface area contributed by atoms with Gasteiger partial charge in [-0.05, 0) is 61.5 Å². The molecule has 0 bridgehead atoms. The summed E-state index contributed by atoms with van der Waals surface area (Å²) in [5.41, 5.74) is 12.4.